The third kappa shape index (κ3) is 7.51. The fourth-order valence-corrected chi connectivity index (χ4v) is 3.62. The number of ether oxygens (including phenoxy) is 1. The van der Waals surface area contributed by atoms with Crippen LogP contribution in [-0.2, 0) is 14.8 Å². The van der Waals surface area contributed by atoms with Crippen molar-refractivity contribution in [3.05, 3.63) is 34.4 Å². The zero-order valence-corrected chi connectivity index (χ0v) is 16.9. The second kappa shape index (κ2) is 9.65. The molecule has 0 spiro atoms. The molecule has 27 heavy (non-hydrogen) atoms. The van der Waals surface area contributed by atoms with E-state index >= 15 is 0 Å². The van der Waals surface area contributed by atoms with Crippen LogP contribution in [-0.4, -0.2) is 49.5 Å². The first-order valence-corrected chi connectivity index (χ1v) is 10.1. The fourth-order valence-electron chi connectivity index (χ4n) is 2.26. The highest BCUT2D eigenvalue weighted by atomic mass is 32.2. The van der Waals surface area contributed by atoms with Crippen molar-refractivity contribution in [2.45, 2.75) is 50.5 Å². The molecule has 0 aliphatic heterocycles. The molecule has 9 nitrogen and oxygen atoms in total. The lowest BCUT2D eigenvalue weighted by atomic mass is 10.2. The van der Waals surface area contributed by atoms with Crippen LogP contribution in [0.4, 0.5) is 10.5 Å². The number of carbonyl (C=O) groups excluding carboxylic acids is 1. The van der Waals surface area contributed by atoms with E-state index in [1.807, 2.05) is 0 Å². The number of benzene rings is 1. The maximum Gasteiger partial charge on any atom is 0.407 e. The second-order valence-corrected chi connectivity index (χ2v) is 9.05. The van der Waals surface area contributed by atoms with Crippen molar-refractivity contribution in [1.82, 2.24) is 9.62 Å². The highest BCUT2D eigenvalue weighted by Crippen LogP contribution is 2.25. The molecule has 0 bridgehead atoms. The minimum absolute atomic E-state index is 0.223. The van der Waals surface area contributed by atoms with Crippen molar-refractivity contribution in [2.24, 2.45) is 0 Å². The lowest BCUT2D eigenvalue weighted by Gasteiger charge is -2.19. The van der Waals surface area contributed by atoms with Crippen LogP contribution >= 0.6 is 0 Å². The topological polar surface area (TPSA) is 119 Å². The van der Waals surface area contributed by atoms with Gasteiger partial charge in [0.05, 0.1) is 4.92 Å². The number of carbonyl (C=O) groups is 1. The molecule has 0 aromatic heterocycles. The van der Waals surface area contributed by atoms with Crippen molar-refractivity contribution in [3.8, 4) is 0 Å². The highest BCUT2D eigenvalue weighted by molar-refractivity contribution is 7.89. The maximum atomic E-state index is 12.5. The fraction of sp³-hybridized carbons (Fsp3) is 0.588. The first-order valence-electron chi connectivity index (χ1n) is 8.62. The molecule has 0 aliphatic carbocycles. The summed E-state index contributed by atoms with van der Waals surface area (Å²) in [5.41, 5.74) is -0.993. The largest absolute Gasteiger partial charge is 0.444 e. The molecule has 1 N–H and O–H groups in total. The first-order chi connectivity index (χ1) is 12.4. The zero-order valence-electron chi connectivity index (χ0n) is 16.1. The van der Waals surface area contributed by atoms with E-state index in [0.29, 0.717) is 25.8 Å². The Bertz CT molecular complexity index is 758. The Hall–Kier alpha value is -2.20. The van der Waals surface area contributed by atoms with Crippen molar-refractivity contribution >= 4 is 21.8 Å². The summed E-state index contributed by atoms with van der Waals surface area (Å²) in [5, 5.41) is 13.7. The van der Waals surface area contributed by atoms with Gasteiger partial charge in [0.25, 0.3) is 5.69 Å². The Kier molecular flexibility index (Phi) is 8.17. The number of alkyl carbamates (subject to hydrolysis) is 1. The van der Waals surface area contributed by atoms with Gasteiger partial charge in [-0.2, -0.15) is 0 Å². The quantitative estimate of drug-likeness (QED) is 0.386. The lowest BCUT2D eigenvalue weighted by Crippen LogP contribution is -2.33. The summed E-state index contributed by atoms with van der Waals surface area (Å²) in [6, 6.07) is 5.28. The van der Waals surface area contributed by atoms with E-state index in [1.54, 1.807) is 20.8 Å². The molecular formula is C17H27N3O6S. The molecule has 0 unspecified atom stereocenters. The van der Waals surface area contributed by atoms with Crippen LogP contribution in [0.5, 0.6) is 0 Å². The maximum absolute atomic E-state index is 12.5. The predicted molar refractivity (Wildman–Crippen MR) is 101 cm³/mol. The molecular weight excluding hydrogens is 374 g/mol. The van der Waals surface area contributed by atoms with E-state index in [9.17, 15) is 23.3 Å². The Morgan fingerprint density at radius 3 is 2.44 bits per heavy atom. The molecule has 0 aliphatic rings. The number of para-hydroxylation sites is 1. The van der Waals surface area contributed by atoms with Gasteiger partial charge in [0.15, 0.2) is 4.90 Å². The van der Waals surface area contributed by atoms with Gasteiger partial charge in [0.2, 0.25) is 10.0 Å². The number of sulfonamides is 1. The Balaban J connectivity index is 2.46. The van der Waals surface area contributed by atoms with Gasteiger partial charge in [0.1, 0.15) is 5.60 Å². The number of nitro groups is 1. The number of nitrogens with one attached hydrogen (secondary N) is 1. The minimum Gasteiger partial charge on any atom is -0.444 e. The zero-order chi connectivity index (χ0) is 20.7. The molecule has 1 aromatic rings. The molecule has 1 aromatic carbocycles. The molecule has 0 saturated carbocycles. The molecule has 0 fully saturated rings. The summed E-state index contributed by atoms with van der Waals surface area (Å²) in [7, 11) is -2.55. The normalized spacial score (nSPS) is 12.0. The predicted octanol–water partition coefficient (Wildman–Crippen LogP) is 2.91. The van der Waals surface area contributed by atoms with Crippen molar-refractivity contribution < 1.29 is 22.9 Å². The van der Waals surface area contributed by atoms with Gasteiger partial charge in [-0.3, -0.25) is 10.1 Å². The van der Waals surface area contributed by atoms with Crippen molar-refractivity contribution in [2.75, 3.05) is 20.1 Å². The molecule has 0 radical (unpaired) electrons. The summed E-state index contributed by atoms with van der Waals surface area (Å²) >= 11 is 0. The third-order valence-electron chi connectivity index (χ3n) is 3.57. The van der Waals surface area contributed by atoms with Crippen LogP contribution < -0.4 is 5.32 Å². The van der Waals surface area contributed by atoms with E-state index in [2.05, 4.69) is 5.32 Å². The highest BCUT2D eigenvalue weighted by Gasteiger charge is 2.28. The van der Waals surface area contributed by atoms with Crippen LogP contribution in [0.15, 0.2) is 29.2 Å². The Morgan fingerprint density at radius 2 is 1.85 bits per heavy atom. The molecule has 1 amide bonds. The lowest BCUT2D eigenvalue weighted by molar-refractivity contribution is -0.387. The SMILES string of the molecule is CN(CCCCCNC(=O)OC(C)(C)C)S(=O)(=O)c1ccccc1[N+](=O)[O-]. The summed E-state index contributed by atoms with van der Waals surface area (Å²) in [5.74, 6) is 0. The van der Waals surface area contributed by atoms with Crippen LogP contribution in [0.1, 0.15) is 40.0 Å². The number of hydrogen-bond acceptors (Lipinski definition) is 6. The van der Waals surface area contributed by atoms with Gasteiger partial charge in [-0.1, -0.05) is 18.6 Å². The molecule has 0 saturated heterocycles. The second-order valence-electron chi connectivity index (χ2n) is 7.04. The molecule has 0 atom stereocenters. The smallest absolute Gasteiger partial charge is 0.407 e. The average molecular weight is 401 g/mol. The number of rotatable bonds is 9. The standard InChI is InChI=1S/C17H27N3O6S/c1-17(2,3)26-16(21)18-12-8-5-9-13-19(4)27(24,25)15-11-7-6-10-14(15)20(22)23/h6-7,10-11H,5,8-9,12-13H2,1-4H3,(H,18,21). The summed E-state index contributed by atoms with van der Waals surface area (Å²) in [4.78, 5) is 21.5. The summed E-state index contributed by atoms with van der Waals surface area (Å²) < 4.78 is 31.3. The number of nitro benzene ring substituents is 1. The van der Waals surface area contributed by atoms with Gasteiger partial charge >= 0.3 is 6.09 Å². The van der Waals surface area contributed by atoms with Crippen molar-refractivity contribution in [1.29, 1.82) is 0 Å². The van der Waals surface area contributed by atoms with Gasteiger partial charge in [-0.05, 0) is 39.7 Å². The van der Waals surface area contributed by atoms with E-state index in [-0.39, 0.29) is 11.4 Å². The van der Waals surface area contributed by atoms with Crippen LogP contribution in [0, 0.1) is 10.1 Å². The molecule has 1 rings (SSSR count). The van der Waals surface area contributed by atoms with Gasteiger partial charge in [-0.25, -0.2) is 17.5 Å². The number of nitrogens with zero attached hydrogens (tertiary/aromatic N) is 2. The Labute approximate surface area is 159 Å². The van der Waals surface area contributed by atoms with Crippen LogP contribution in [0.3, 0.4) is 0 Å². The molecule has 10 heteroatoms. The van der Waals surface area contributed by atoms with Gasteiger partial charge < -0.3 is 10.1 Å². The van der Waals surface area contributed by atoms with E-state index in [1.165, 1.54) is 31.3 Å². The summed E-state index contributed by atoms with van der Waals surface area (Å²) in [6.45, 7) is 5.98. The van der Waals surface area contributed by atoms with E-state index in [4.69, 9.17) is 4.74 Å². The van der Waals surface area contributed by atoms with Crippen LogP contribution in [0.2, 0.25) is 0 Å². The average Bonchev–Trinajstić information content (AvgIpc) is 2.56. The molecule has 152 valence electrons. The Morgan fingerprint density at radius 1 is 1.22 bits per heavy atom. The molecule has 0 heterocycles. The first kappa shape index (κ1) is 22.8. The van der Waals surface area contributed by atoms with Gasteiger partial charge in [-0.15, -0.1) is 0 Å². The van der Waals surface area contributed by atoms with E-state index in [0.717, 1.165) is 4.31 Å². The monoisotopic (exact) mass is 401 g/mol. The minimum atomic E-state index is -3.94. The third-order valence-corrected chi connectivity index (χ3v) is 5.47. The summed E-state index contributed by atoms with van der Waals surface area (Å²) in [6.07, 6.45) is 1.43. The number of hydrogen-bond donors (Lipinski definition) is 1. The van der Waals surface area contributed by atoms with E-state index < -0.39 is 32.3 Å². The van der Waals surface area contributed by atoms with Crippen LogP contribution in [0.25, 0.3) is 0 Å². The van der Waals surface area contributed by atoms with Crippen molar-refractivity contribution in [3.63, 3.8) is 0 Å². The van der Waals surface area contributed by atoms with Gasteiger partial charge in [0, 0.05) is 26.2 Å². The number of amides is 1. The number of unbranched alkanes of at least 4 members (excludes halogenated alkanes) is 2.